The minimum atomic E-state index is -0.142. The first kappa shape index (κ1) is 9.79. The van der Waals surface area contributed by atoms with Crippen molar-refractivity contribution in [1.82, 2.24) is 0 Å². The summed E-state index contributed by atoms with van der Waals surface area (Å²) in [5.41, 5.74) is -0.142. The van der Waals surface area contributed by atoms with Crippen LogP contribution in [-0.2, 0) is 50.2 Å². The van der Waals surface area contributed by atoms with Gasteiger partial charge in [-0.15, -0.1) is 5.16 Å². The average molecular weight is 219 g/mol. The van der Waals surface area contributed by atoms with Crippen LogP contribution in [-0.4, -0.2) is 10.6 Å². The van der Waals surface area contributed by atoms with Crippen molar-refractivity contribution in [3.05, 3.63) is 0 Å². The minimum Gasteiger partial charge on any atom is -0.761 e. The quantitative estimate of drug-likeness (QED) is 0.568. The Morgan fingerprint density at radius 1 is 1.67 bits per heavy atom. The normalized spacial score (nSPS) is 21.8. The van der Waals surface area contributed by atoms with Crippen LogP contribution in [0.25, 0.3) is 0 Å². The standard InChI is InChI=1S/C5H9NOS.Y/c1-5(2)3-4(8)6-7-5;/h3H2,1-2H3,(H,6,8);/p-1. The summed E-state index contributed by atoms with van der Waals surface area (Å²) in [5, 5.41) is 4.30. The van der Waals surface area contributed by atoms with Gasteiger partial charge in [0.25, 0.3) is 0 Å². The van der Waals surface area contributed by atoms with E-state index >= 15 is 0 Å². The summed E-state index contributed by atoms with van der Waals surface area (Å²) in [6, 6.07) is 0. The maximum atomic E-state index is 4.94. The first-order chi connectivity index (χ1) is 3.60. The van der Waals surface area contributed by atoms with E-state index in [1.165, 1.54) is 0 Å². The Hall–Kier alpha value is 0.794. The maximum absolute atomic E-state index is 4.94. The number of hydrogen-bond acceptors (Lipinski definition) is 3. The Morgan fingerprint density at radius 3 is 2.33 bits per heavy atom. The van der Waals surface area contributed by atoms with Crippen LogP contribution in [0.5, 0.6) is 0 Å². The molecule has 1 radical (unpaired) electrons. The van der Waals surface area contributed by atoms with Crippen LogP contribution < -0.4 is 0 Å². The van der Waals surface area contributed by atoms with E-state index in [2.05, 4.69) is 5.16 Å². The van der Waals surface area contributed by atoms with Crippen molar-refractivity contribution >= 4 is 17.7 Å². The van der Waals surface area contributed by atoms with Crippen molar-refractivity contribution in [3.63, 3.8) is 0 Å². The van der Waals surface area contributed by atoms with Crippen LogP contribution in [0.1, 0.15) is 20.3 Å². The van der Waals surface area contributed by atoms with Gasteiger partial charge in [-0.25, -0.2) is 0 Å². The zero-order chi connectivity index (χ0) is 6.20. The molecule has 1 aliphatic heterocycles. The summed E-state index contributed by atoms with van der Waals surface area (Å²) >= 11 is 4.78. The summed E-state index contributed by atoms with van der Waals surface area (Å²) < 4.78 is 0. The zero-order valence-electron chi connectivity index (χ0n) is 5.55. The van der Waals surface area contributed by atoms with Gasteiger partial charge in [0, 0.05) is 39.1 Å². The second kappa shape index (κ2) is 3.26. The topological polar surface area (TPSA) is 21.6 Å². The van der Waals surface area contributed by atoms with E-state index in [-0.39, 0.29) is 38.3 Å². The van der Waals surface area contributed by atoms with Crippen LogP contribution in [0, 0.1) is 0 Å². The van der Waals surface area contributed by atoms with E-state index in [1.807, 2.05) is 13.8 Å². The molecular weight excluding hydrogens is 211 g/mol. The number of oxime groups is 1. The van der Waals surface area contributed by atoms with Crippen LogP contribution >= 0.6 is 0 Å². The van der Waals surface area contributed by atoms with E-state index in [0.29, 0.717) is 5.04 Å². The van der Waals surface area contributed by atoms with Gasteiger partial charge in [-0.05, 0) is 13.8 Å². The molecule has 4 heteroatoms. The Balaban J connectivity index is 0.000000640. The first-order valence-corrected chi connectivity index (χ1v) is 2.93. The van der Waals surface area contributed by atoms with Crippen LogP contribution in [0.2, 0.25) is 0 Å². The fourth-order valence-corrected chi connectivity index (χ4v) is 0.988. The molecule has 49 valence electrons. The minimum absolute atomic E-state index is 0. The predicted octanol–water partition coefficient (Wildman–Crippen LogP) is 1.04. The molecule has 0 saturated heterocycles. The summed E-state index contributed by atoms with van der Waals surface area (Å²) in [5.74, 6) is 0. The molecule has 1 aliphatic rings. The van der Waals surface area contributed by atoms with Gasteiger partial charge >= 0.3 is 0 Å². The van der Waals surface area contributed by atoms with Gasteiger partial charge in [0.2, 0.25) is 0 Å². The zero-order valence-corrected chi connectivity index (χ0v) is 9.20. The third kappa shape index (κ3) is 2.92. The number of rotatable bonds is 0. The van der Waals surface area contributed by atoms with Crippen molar-refractivity contribution in [2.75, 3.05) is 0 Å². The van der Waals surface area contributed by atoms with E-state index in [0.717, 1.165) is 6.42 Å². The van der Waals surface area contributed by atoms with Crippen LogP contribution in [0.4, 0.5) is 0 Å². The van der Waals surface area contributed by atoms with E-state index in [9.17, 15) is 0 Å². The monoisotopic (exact) mass is 219 g/mol. The largest absolute Gasteiger partial charge is 0.761 e. The van der Waals surface area contributed by atoms with Gasteiger partial charge in [0.15, 0.2) is 0 Å². The van der Waals surface area contributed by atoms with E-state index in [1.54, 1.807) is 0 Å². The molecule has 0 unspecified atom stereocenters. The second-order valence-corrected chi connectivity index (χ2v) is 2.98. The van der Waals surface area contributed by atoms with E-state index in [4.69, 9.17) is 17.5 Å². The second-order valence-electron chi connectivity index (χ2n) is 2.51. The molecule has 0 aliphatic carbocycles. The van der Waals surface area contributed by atoms with Crippen molar-refractivity contribution < 1.29 is 37.5 Å². The molecule has 1 rings (SSSR count). The molecule has 0 bridgehead atoms. The Labute approximate surface area is 85.7 Å². The van der Waals surface area contributed by atoms with Gasteiger partial charge in [-0.1, -0.05) is 5.04 Å². The van der Waals surface area contributed by atoms with Crippen molar-refractivity contribution in [1.29, 1.82) is 0 Å². The number of nitrogens with zero attached hydrogens (tertiary/aromatic N) is 1. The fourth-order valence-electron chi connectivity index (χ4n) is 0.603. The van der Waals surface area contributed by atoms with Crippen molar-refractivity contribution in [2.45, 2.75) is 25.9 Å². The van der Waals surface area contributed by atoms with Crippen molar-refractivity contribution in [2.24, 2.45) is 5.16 Å². The molecule has 0 amide bonds. The summed E-state index contributed by atoms with van der Waals surface area (Å²) in [6.07, 6.45) is 0.780. The predicted molar refractivity (Wildman–Crippen MR) is 34.6 cm³/mol. The number of hydrogen-bond donors (Lipinski definition) is 0. The molecule has 2 nitrogen and oxygen atoms in total. The third-order valence-corrected chi connectivity index (χ3v) is 1.19. The summed E-state index contributed by atoms with van der Waals surface area (Å²) in [6.45, 7) is 3.94. The van der Waals surface area contributed by atoms with Gasteiger partial charge < -0.3 is 17.5 Å². The van der Waals surface area contributed by atoms with Crippen molar-refractivity contribution in [3.8, 4) is 0 Å². The van der Waals surface area contributed by atoms with Gasteiger partial charge in [0.05, 0.1) is 0 Å². The molecular formula is C5H8NOSY-. The van der Waals surface area contributed by atoms with Crippen LogP contribution in [0.15, 0.2) is 5.16 Å². The van der Waals surface area contributed by atoms with Gasteiger partial charge in [-0.2, -0.15) is 0 Å². The Kier molecular flexibility index (Phi) is 3.55. The maximum Gasteiger partial charge on any atom is 0.135 e. The van der Waals surface area contributed by atoms with E-state index < -0.39 is 0 Å². The molecule has 0 aromatic rings. The average Bonchev–Trinajstić information content (AvgIpc) is 1.82. The molecule has 1 heterocycles. The molecule has 0 spiro atoms. The first-order valence-electron chi connectivity index (χ1n) is 2.52. The Morgan fingerprint density at radius 2 is 2.22 bits per heavy atom. The molecule has 0 fully saturated rings. The molecule has 0 atom stereocenters. The van der Waals surface area contributed by atoms with Gasteiger partial charge in [0.1, 0.15) is 5.60 Å². The third-order valence-electron chi connectivity index (χ3n) is 0.972. The molecule has 9 heavy (non-hydrogen) atoms. The fraction of sp³-hybridized carbons (Fsp3) is 0.800. The smallest absolute Gasteiger partial charge is 0.135 e. The molecule has 0 saturated carbocycles. The summed E-state index contributed by atoms with van der Waals surface area (Å²) in [7, 11) is 0. The summed E-state index contributed by atoms with van der Waals surface area (Å²) in [4.78, 5) is 4.94. The Bertz CT molecular complexity index is 135. The molecule has 0 N–H and O–H groups in total. The molecule has 0 aromatic carbocycles. The molecule has 0 aromatic heterocycles. The van der Waals surface area contributed by atoms with Gasteiger partial charge in [-0.3, -0.25) is 0 Å². The SMILES string of the molecule is CC1(C)CC([S-])=NO1.[Y]. The van der Waals surface area contributed by atoms with Crippen LogP contribution in [0.3, 0.4) is 0 Å².